The fourth-order valence-corrected chi connectivity index (χ4v) is 3.20. The van der Waals surface area contributed by atoms with Crippen molar-refractivity contribution in [3.05, 3.63) is 55.7 Å². The number of aryl methyl sites for hydroxylation is 1. The molecule has 1 aromatic heterocycles. The summed E-state index contributed by atoms with van der Waals surface area (Å²) in [5.74, 6) is 3.77. The van der Waals surface area contributed by atoms with Crippen molar-refractivity contribution in [1.29, 1.82) is 0 Å². The molecule has 6 heteroatoms. The van der Waals surface area contributed by atoms with Crippen molar-refractivity contribution < 1.29 is 8.78 Å². The fourth-order valence-electron chi connectivity index (χ4n) is 1.69. The molecule has 2 nitrogen and oxygen atoms in total. The number of hydrazine groups is 1. The molecule has 2 aromatic rings. The highest BCUT2D eigenvalue weighted by Crippen LogP contribution is 2.32. The molecule has 3 N–H and O–H groups in total. The predicted molar refractivity (Wildman–Crippen MR) is 72.3 cm³/mol. The molecule has 0 fully saturated rings. The third-order valence-electron chi connectivity index (χ3n) is 2.66. The molecule has 1 heterocycles. The van der Waals surface area contributed by atoms with Gasteiger partial charge in [-0.15, -0.1) is 11.3 Å². The van der Waals surface area contributed by atoms with Crippen molar-refractivity contribution in [1.82, 2.24) is 5.43 Å². The van der Waals surface area contributed by atoms with Gasteiger partial charge in [0.05, 0.1) is 9.83 Å². The summed E-state index contributed by atoms with van der Waals surface area (Å²) in [6.45, 7) is 1.52. The largest absolute Gasteiger partial charge is 0.271 e. The molecule has 1 atom stereocenters. The van der Waals surface area contributed by atoms with Gasteiger partial charge in [-0.3, -0.25) is 5.84 Å². The van der Waals surface area contributed by atoms with Crippen LogP contribution in [0.3, 0.4) is 0 Å². The first-order valence-corrected chi connectivity index (χ1v) is 6.81. The van der Waals surface area contributed by atoms with E-state index in [-0.39, 0.29) is 11.1 Å². The number of thiophene rings is 1. The topological polar surface area (TPSA) is 38.0 Å². The lowest BCUT2D eigenvalue weighted by atomic mass is 10.0. The molecule has 96 valence electrons. The number of rotatable bonds is 3. The van der Waals surface area contributed by atoms with Crippen LogP contribution in [0.4, 0.5) is 8.78 Å². The van der Waals surface area contributed by atoms with Gasteiger partial charge in [0.1, 0.15) is 0 Å². The zero-order valence-electron chi connectivity index (χ0n) is 9.51. The summed E-state index contributed by atoms with van der Waals surface area (Å²) in [4.78, 5) is 0.812. The van der Waals surface area contributed by atoms with E-state index in [1.807, 2.05) is 12.1 Å². The van der Waals surface area contributed by atoms with Crippen molar-refractivity contribution in [3.8, 4) is 0 Å². The Morgan fingerprint density at radius 2 is 1.94 bits per heavy atom. The predicted octanol–water partition coefficient (Wildman–Crippen LogP) is 3.65. The second-order valence-corrected chi connectivity index (χ2v) is 6.34. The Hall–Kier alpha value is -0.820. The van der Waals surface area contributed by atoms with Gasteiger partial charge >= 0.3 is 0 Å². The molecule has 0 aliphatic carbocycles. The summed E-state index contributed by atoms with van der Waals surface area (Å²) in [6, 6.07) is 6.19. The first kappa shape index (κ1) is 13.6. The van der Waals surface area contributed by atoms with Gasteiger partial charge in [-0.05, 0) is 40.5 Å². The van der Waals surface area contributed by atoms with Crippen LogP contribution in [0.2, 0.25) is 0 Å². The van der Waals surface area contributed by atoms with Crippen LogP contribution >= 0.6 is 27.3 Å². The molecule has 0 radical (unpaired) electrons. The summed E-state index contributed by atoms with van der Waals surface area (Å²) in [5, 5.41) is 0. The zero-order chi connectivity index (χ0) is 13.3. The van der Waals surface area contributed by atoms with Crippen molar-refractivity contribution >= 4 is 27.3 Å². The summed E-state index contributed by atoms with van der Waals surface area (Å²) in [7, 11) is 0. The van der Waals surface area contributed by atoms with Crippen LogP contribution in [0.1, 0.15) is 22.0 Å². The van der Waals surface area contributed by atoms with E-state index in [4.69, 9.17) is 5.84 Å². The van der Waals surface area contributed by atoms with Crippen molar-refractivity contribution in [2.45, 2.75) is 13.0 Å². The highest BCUT2D eigenvalue weighted by atomic mass is 79.9. The van der Waals surface area contributed by atoms with Crippen LogP contribution in [0, 0.1) is 18.6 Å². The molecule has 0 spiro atoms. The Labute approximate surface area is 116 Å². The molecular weight excluding hydrogens is 322 g/mol. The minimum atomic E-state index is -0.859. The minimum Gasteiger partial charge on any atom is -0.271 e. The van der Waals surface area contributed by atoms with E-state index in [0.29, 0.717) is 0 Å². The van der Waals surface area contributed by atoms with Gasteiger partial charge < -0.3 is 0 Å². The number of hydrogen-bond acceptors (Lipinski definition) is 3. The van der Waals surface area contributed by atoms with Gasteiger partial charge in [-0.1, -0.05) is 12.1 Å². The molecule has 0 amide bonds. The molecule has 1 unspecified atom stereocenters. The van der Waals surface area contributed by atoms with Crippen molar-refractivity contribution in [2.24, 2.45) is 5.84 Å². The maximum atomic E-state index is 13.9. The first-order chi connectivity index (χ1) is 8.54. The third-order valence-corrected chi connectivity index (χ3v) is 4.35. The maximum Gasteiger partial charge on any atom is 0.164 e. The standard InChI is InChI=1S/C12H11BrF2N2S/c1-6-2-3-7(11(15)10(6)14)12(17-16)8-4-5-9(13)18-8/h2-5,12,17H,16H2,1H3. The van der Waals surface area contributed by atoms with Gasteiger partial charge in [-0.2, -0.15) is 0 Å². The highest BCUT2D eigenvalue weighted by molar-refractivity contribution is 9.11. The zero-order valence-corrected chi connectivity index (χ0v) is 11.9. The number of nitrogens with one attached hydrogen (secondary N) is 1. The van der Waals surface area contributed by atoms with Crippen molar-refractivity contribution in [2.75, 3.05) is 0 Å². The molecule has 18 heavy (non-hydrogen) atoms. The van der Waals surface area contributed by atoms with Gasteiger partial charge in [0.25, 0.3) is 0 Å². The van der Waals surface area contributed by atoms with Gasteiger partial charge in [-0.25, -0.2) is 14.2 Å². The summed E-state index contributed by atoms with van der Waals surface area (Å²) >= 11 is 4.75. The molecule has 0 aliphatic rings. The molecule has 1 aromatic carbocycles. The van der Waals surface area contributed by atoms with Crippen LogP contribution in [0.15, 0.2) is 28.1 Å². The summed E-state index contributed by atoms with van der Waals surface area (Å²) < 4.78 is 28.4. The monoisotopic (exact) mass is 332 g/mol. The number of nitrogens with two attached hydrogens (primary N) is 1. The van der Waals surface area contributed by atoms with Crippen LogP contribution in [0.25, 0.3) is 0 Å². The SMILES string of the molecule is Cc1ccc(C(NN)c2ccc(Br)s2)c(F)c1F. The third kappa shape index (κ3) is 2.47. The average molecular weight is 333 g/mol. The highest BCUT2D eigenvalue weighted by Gasteiger charge is 2.21. The quantitative estimate of drug-likeness (QED) is 0.665. The first-order valence-electron chi connectivity index (χ1n) is 5.20. The molecule has 0 aliphatic heterocycles. The number of benzene rings is 1. The van der Waals surface area contributed by atoms with E-state index in [9.17, 15) is 8.78 Å². The van der Waals surface area contributed by atoms with E-state index in [0.717, 1.165) is 8.66 Å². The second-order valence-electron chi connectivity index (χ2n) is 3.84. The molecule has 0 bridgehead atoms. The average Bonchev–Trinajstić information content (AvgIpc) is 2.77. The maximum absolute atomic E-state index is 13.9. The Bertz CT molecular complexity index is 571. The second kappa shape index (κ2) is 5.44. The number of hydrogen-bond donors (Lipinski definition) is 2. The number of halogens is 3. The van der Waals surface area contributed by atoms with E-state index in [1.165, 1.54) is 18.3 Å². The van der Waals surface area contributed by atoms with Gasteiger partial charge in [0.2, 0.25) is 0 Å². The van der Waals surface area contributed by atoms with E-state index < -0.39 is 17.7 Å². The molecule has 0 saturated heterocycles. The van der Waals surface area contributed by atoms with Crippen LogP contribution in [-0.4, -0.2) is 0 Å². The Morgan fingerprint density at radius 1 is 1.22 bits per heavy atom. The van der Waals surface area contributed by atoms with Gasteiger partial charge in [0, 0.05) is 10.4 Å². The van der Waals surface area contributed by atoms with E-state index in [2.05, 4.69) is 21.4 Å². The normalized spacial score (nSPS) is 12.7. The van der Waals surface area contributed by atoms with E-state index >= 15 is 0 Å². The lowest BCUT2D eigenvalue weighted by Gasteiger charge is -2.16. The Balaban J connectivity index is 2.49. The fraction of sp³-hybridized carbons (Fsp3) is 0.167. The molecule has 2 rings (SSSR count). The lowest BCUT2D eigenvalue weighted by Crippen LogP contribution is -2.29. The van der Waals surface area contributed by atoms with Crippen LogP contribution in [-0.2, 0) is 0 Å². The Morgan fingerprint density at radius 3 is 2.50 bits per heavy atom. The lowest BCUT2D eigenvalue weighted by molar-refractivity contribution is 0.480. The summed E-state index contributed by atoms with van der Waals surface area (Å²) in [5.41, 5.74) is 3.00. The molecule has 0 saturated carbocycles. The molecular formula is C12H11BrF2N2S. The van der Waals surface area contributed by atoms with Crippen LogP contribution in [0.5, 0.6) is 0 Å². The minimum absolute atomic E-state index is 0.204. The Kier molecular flexibility index (Phi) is 4.11. The van der Waals surface area contributed by atoms with Crippen molar-refractivity contribution in [3.63, 3.8) is 0 Å². The smallest absolute Gasteiger partial charge is 0.164 e. The summed E-state index contributed by atoms with van der Waals surface area (Å²) in [6.07, 6.45) is 0. The van der Waals surface area contributed by atoms with Gasteiger partial charge in [0.15, 0.2) is 11.6 Å². The van der Waals surface area contributed by atoms with Crippen LogP contribution < -0.4 is 11.3 Å². The van der Waals surface area contributed by atoms with E-state index in [1.54, 1.807) is 12.1 Å².